The van der Waals surface area contributed by atoms with Crippen LogP contribution in [0.2, 0.25) is 0 Å². The summed E-state index contributed by atoms with van der Waals surface area (Å²) in [5, 5.41) is 2.72. The largest absolute Gasteiger partial charge is 0.362 e. The SMILES string of the molecule is CN=C(NC)NOC(=O)c1ccccc1. The number of rotatable bonds is 1. The highest BCUT2D eigenvalue weighted by molar-refractivity contribution is 5.90. The number of nitrogens with one attached hydrogen (secondary N) is 2. The van der Waals surface area contributed by atoms with E-state index >= 15 is 0 Å². The molecule has 0 aromatic heterocycles. The summed E-state index contributed by atoms with van der Waals surface area (Å²) in [6.07, 6.45) is 0. The number of aliphatic imine (C=N–C) groups is 1. The van der Waals surface area contributed by atoms with Crippen LogP contribution in [-0.2, 0) is 4.84 Å². The predicted molar refractivity (Wildman–Crippen MR) is 57.4 cm³/mol. The van der Waals surface area contributed by atoms with Crippen molar-refractivity contribution in [2.45, 2.75) is 0 Å². The fourth-order valence-electron chi connectivity index (χ4n) is 0.936. The van der Waals surface area contributed by atoms with E-state index < -0.39 is 5.97 Å². The lowest BCUT2D eigenvalue weighted by molar-refractivity contribution is 0.0381. The van der Waals surface area contributed by atoms with Crippen LogP contribution in [0.4, 0.5) is 0 Å². The van der Waals surface area contributed by atoms with Crippen LogP contribution in [0.5, 0.6) is 0 Å². The average molecular weight is 207 g/mol. The van der Waals surface area contributed by atoms with Gasteiger partial charge >= 0.3 is 5.97 Å². The molecule has 0 bridgehead atoms. The van der Waals surface area contributed by atoms with Gasteiger partial charge in [-0.25, -0.2) is 4.79 Å². The second-order valence-electron chi connectivity index (χ2n) is 2.68. The second-order valence-corrected chi connectivity index (χ2v) is 2.68. The van der Waals surface area contributed by atoms with E-state index in [1.807, 2.05) is 6.07 Å². The van der Waals surface area contributed by atoms with E-state index in [9.17, 15) is 4.79 Å². The van der Waals surface area contributed by atoms with Gasteiger partial charge in [0.2, 0.25) is 5.96 Å². The molecule has 5 nitrogen and oxygen atoms in total. The molecule has 0 saturated heterocycles. The number of nitrogens with zero attached hydrogens (tertiary/aromatic N) is 1. The summed E-state index contributed by atoms with van der Waals surface area (Å²) < 4.78 is 0. The van der Waals surface area contributed by atoms with Crippen LogP contribution in [0.1, 0.15) is 10.4 Å². The van der Waals surface area contributed by atoms with E-state index in [1.54, 1.807) is 38.4 Å². The Morgan fingerprint density at radius 1 is 1.33 bits per heavy atom. The minimum atomic E-state index is -0.452. The Bertz CT molecular complexity index is 349. The highest BCUT2D eigenvalue weighted by Gasteiger charge is 2.06. The van der Waals surface area contributed by atoms with E-state index in [0.717, 1.165) is 0 Å². The van der Waals surface area contributed by atoms with E-state index in [0.29, 0.717) is 11.5 Å². The lowest BCUT2D eigenvalue weighted by Crippen LogP contribution is -2.36. The Hall–Kier alpha value is -2.04. The van der Waals surface area contributed by atoms with E-state index in [2.05, 4.69) is 15.8 Å². The van der Waals surface area contributed by atoms with Crippen molar-refractivity contribution < 1.29 is 9.63 Å². The molecule has 0 amide bonds. The normalized spacial score (nSPS) is 10.7. The Labute approximate surface area is 88.1 Å². The van der Waals surface area contributed by atoms with Crippen molar-refractivity contribution in [3.8, 4) is 0 Å². The standard InChI is InChI=1S/C10H13N3O2/c1-11-10(12-2)13-15-9(14)8-6-4-3-5-7-8/h3-7H,1-2H3,(H2,11,12,13). The number of guanidine groups is 1. The maximum atomic E-state index is 11.4. The van der Waals surface area contributed by atoms with Crippen molar-refractivity contribution in [3.63, 3.8) is 0 Å². The van der Waals surface area contributed by atoms with Gasteiger partial charge in [0.25, 0.3) is 0 Å². The summed E-state index contributed by atoms with van der Waals surface area (Å²) in [5.41, 5.74) is 2.89. The molecule has 0 atom stereocenters. The first-order valence-corrected chi connectivity index (χ1v) is 4.44. The Morgan fingerprint density at radius 2 is 2.00 bits per heavy atom. The number of benzene rings is 1. The zero-order chi connectivity index (χ0) is 11.1. The van der Waals surface area contributed by atoms with E-state index in [4.69, 9.17) is 4.84 Å². The maximum absolute atomic E-state index is 11.4. The molecule has 0 fully saturated rings. The first-order chi connectivity index (χ1) is 7.27. The molecule has 0 radical (unpaired) electrons. The third-order valence-corrected chi connectivity index (χ3v) is 1.71. The summed E-state index contributed by atoms with van der Waals surface area (Å²) in [6.45, 7) is 0. The van der Waals surface area contributed by atoms with Gasteiger partial charge in [-0.3, -0.25) is 4.99 Å². The summed E-state index contributed by atoms with van der Waals surface area (Å²) in [5.74, 6) is -0.0636. The fraction of sp³-hybridized carbons (Fsp3) is 0.200. The molecular formula is C10H13N3O2. The van der Waals surface area contributed by atoms with Gasteiger partial charge in [0, 0.05) is 14.1 Å². The molecule has 2 N–H and O–H groups in total. The Kier molecular flexibility index (Phi) is 4.15. The molecule has 1 rings (SSSR count). The van der Waals surface area contributed by atoms with E-state index in [-0.39, 0.29) is 0 Å². The first kappa shape index (κ1) is 11.0. The summed E-state index contributed by atoms with van der Waals surface area (Å²) in [6, 6.07) is 8.71. The summed E-state index contributed by atoms with van der Waals surface area (Å²) in [4.78, 5) is 20.0. The van der Waals surface area contributed by atoms with Gasteiger partial charge in [-0.15, -0.1) is 0 Å². The van der Waals surface area contributed by atoms with Crippen LogP contribution in [0.15, 0.2) is 35.3 Å². The third kappa shape index (κ3) is 3.30. The zero-order valence-electron chi connectivity index (χ0n) is 8.65. The zero-order valence-corrected chi connectivity index (χ0v) is 8.65. The molecule has 5 heteroatoms. The molecule has 1 aromatic rings. The number of hydroxylamine groups is 1. The molecule has 0 aliphatic rings. The number of hydrogen-bond acceptors (Lipinski definition) is 3. The van der Waals surface area contributed by atoms with Crippen LogP contribution in [0.25, 0.3) is 0 Å². The lowest BCUT2D eigenvalue weighted by Gasteiger charge is -2.07. The topological polar surface area (TPSA) is 62.7 Å². The Balaban J connectivity index is 2.51. The van der Waals surface area contributed by atoms with Crippen molar-refractivity contribution in [1.29, 1.82) is 0 Å². The van der Waals surface area contributed by atoms with Gasteiger partial charge in [0.1, 0.15) is 0 Å². The quantitative estimate of drug-likeness (QED) is 0.401. The smallest absolute Gasteiger partial charge is 0.357 e. The maximum Gasteiger partial charge on any atom is 0.362 e. The molecule has 0 aliphatic heterocycles. The first-order valence-electron chi connectivity index (χ1n) is 4.44. The van der Waals surface area contributed by atoms with Crippen LogP contribution in [0, 0.1) is 0 Å². The van der Waals surface area contributed by atoms with Gasteiger partial charge in [-0.1, -0.05) is 18.2 Å². The number of carbonyl (C=O) groups excluding carboxylic acids is 1. The molecular weight excluding hydrogens is 194 g/mol. The molecule has 1 aromatic carbocycles. The Morgan fingerprint density at radius 3 is 2.53 bits per heavy atom. The van der Waals surface area contributed by atoms with Crippen LogP contribution < -0.4 is 10.8 Å². The van der Waals surface area contributed by atoms with Crippen molar-refractivity contribution in [1.82, 2.24) is 10.8 Å². The van der Waals surface area contributed by atoms with Gasteiger partial charge in [0.15, 0.2) is 0 Å². The van der Waals surface area contributed by atoms with Gasteiger partial charge in [-0.2, -0.15) is 5.48 Å². The van der Waals surface area contributed by atoms with E-state index in [1.165, 1.54) is 0 Å². The van der Waals surface area contributed by atoms with Crippen LogP contribution >= 0.6 is 0 Å². The highest BCUT2D eigenvalue weighted by Crippen LogP contribution is 1.99. The van der Waals surface area contributed by atoms with Gasteiger partial charge in [-0.05, 0) is 12.1 Å². The molecule has 0 aliphatic carbocycles. The predicted octanol–water partition coefficient (Wildman–Crippen LogP) is 0.553. The molecule has 80 valence electrons. The van der Waals surface area contributed by atoms with Gasteiger partial charge in [0.05, 0.1) is 5.56 Å². The number of carbonyl (C=O) groups is 1. The number of hydrogen-bond donors (Lipinski definition) is 2. The molecule has 0 saturated carbocycles. The molecule has 0 heterocycles. The summed E-state index contributed by atoms with van der Waals surface area (Å²) in [7, 11) is 3.25. The third-order valence-electron chi connectivity index (χ3n) is 1.71. The van der Waals surface area contributed by atoms with Crippen molar-refractivity contribution in [2.24, 2.45) is 4.99 Å². The van der Waals surface area contributed by atoms with Crippen molar-refractivity contribution in [2.75, 3.05) is 14.1 Å². The summed E-state index contributed by atoms with van der Waals surface area (Å²) >= 11 is 0. The van der Waals surface area contributed by atoms with Gasteiger partial charge < -0.3 is 10.2 Å². The van der Waals surface area contributed by atoms with Crippen molar-refractivity contribution >= 4 is 11.9 Å². The minimum absolute atomic E-state index is 0.388. The molecule has 0 spiro atoms. The minimum Gasteiger partial charge on any atom is -0.357 e. The second kappa shape index (κ2) is 5.64. The fourth-order valence-corrected chi connectivity index (χ4v) is 0.936. The highest BCUT2D eigenvalue weighted by atomic mass is 16.7. The average Bonchev–Trinajstić information content (AvgIpc) is 2.31. The molecule has 15 heavy (non-hydrogen) atoms. The molecule has 0 unspecified atom stereocenters. The lowest BCUT2D eigenvalue weighted by atomic mass is 10.2. The van der Waals surface area contributed by atoms with Crippen molar-refractivity contribution in [3.05, 3.63) is 35.9 Å². The monoisotopic (exact) mass is 207 g/mol. The van der Waals surface area contributed by atoms with Crippen LogP contribution in [0.3, 0.4) is 0 Å². The van der Waals surface area contributed by atoms with Crippen LogP contribution in [-0.4, -0.2) is 26.0 Å².